The van der Waals surface area contributed by atoms with Gasteiger partial charge in [0.15, 0.2) is 0 Å². The molecule has 0 aliphatic carbocycles. The predicted octanol–water partition coefficient (Wildman–Crippen LogP) is 7.76. The molecule has 0 aliphatic heterocycles. The Morgan fingerprint density at radius 1 is 1.03 bits per heavy atom. The molecule has 0 amide bonds. The summed E-state index contributed by atoms with van der Waals surface area (Å²) < 4.78 is 2.05. The van der Waals surface area contributed by atoms with E-state index in [0.29, 0.717) is 14.9 Å². The molecule has 6 nitrogen and oxygen atoms in total. The molecule has 0 saturated heterocycles. The lowest BCUT2D eigenvalue weighted by atomic mass is 10.3. The standard InChI is InChI=1S/C18H13Cl5N2S2.HNO3/c19-13-14(20)16(22)18(17(23)15(13)21)26-9-12(8-25-7-6-24-10-25)27-11-4-2-1-3-5-11;2-1(3)4/h1-7,10,12H,8-9H2;(H,2,3,4). The highest BCUT2D eigenvalue weighted by Crippen LogP contribution is 2.48. The van der Waals surface area contributed by atoms with Crippen LogP contribution in [0.5, 0.6) is 0 Å². The Kier molecular flexibility index (Phi) is 10.9. The maximum atomic E-state index is 8.36. The first kappa shape index (κ1) is 26.3. The van der Waals surface area contributed by atoms with Crippen LogP contribution in [0.2, 0.25) is 25.1 Å². The molecule has 0 saturated carbocycles. The molecule has 0 fully saturated rings. The molecule has 0 radical (unpaired) electrons. The van der Waals surface area contributed by atoms with Gasteiger partial charge in [-0.05, 0) is 12.1 Å². The van der Waals surface area contributed by atoms with E-state index in [0.717, 1.165) is 12.3 Å². The molecule has 1 heterocycles. The van der Waals surface area contributed by atoms with Crippen LogP contribution in [0.15, 0.2) is 58.8 Å². The Morgan fingerprint density at radius 3 is 2.10 bits per heavy atom. The van der Waals surface area contributed by atoms with Gasteiger partial charge in [0.25, 0.3) is 5.09 Å². The monoisotopic (exact) mass is 559 g/mol. The molecule has 3 rings (SSSR count). The largest absolute Gasteiger partial charge is 0.336 e. The fourth-order valence-corrected chi connectivity index (χ4v) is 6.25. The minimum Gasteiger partial charge on any atom is -0.336 e. The van der Waals surface area contributed by atoms with Gasteiger partial charge < -0.3 is 9.77 Å². The minimum absolute atomic E-state index is 0.173. The van der Waals surface area contributed by atoms with Crippen molar-refractivity contribution in [2.75, 3.05) is 5.75 Å². The molecule has 166 valence electrons. The summed E-state index contributed by atoms with van der Waals surface area (Å²) in [6.45, 7) is 0.789. The molecular weight excluding hydrogens is 548 g/mol. The zero-order chi connectivity index (χ0) is 23.0. The zero-order valence-corrected chi connectivity index (χ0v) is 20.8. The summed E-state index contributed by atoms with van der Waals surface area (Å²) in [7, 11) is 0. The first-order valence-electron chi connectivity index (χ1n) is 8.35. The summed E-state index contributed by atoms with van der Waals surface area (Å²) in [6, 6.07) is 10.2. The summed E-state index contributed by atoms with van der Waals surface area (Å²) in [5.41, 5.74) is 0. The van der Waals surface area contributed by atoms with Crippen LogP contribution in [0.4, 0.5) is 0 Å². The third-order valence-corrected chi connectivity index (χ3v) is 8.77. The van der Waals surface area contributed by atoms with Crippen molar-refractivity contribution in [3.05, 3.63) is 84.3 Å². The zero-order valence-electron chi connectivity index (χ0n) is 15.4. The van der Waals surface area contributed by atoms with Crippen molar-refractivity contribution < 1.29 is 10.3 Å². The van der Waals surface area contributed by atoms with Crippen molar-refractivity contribution >= 4 is 81.5 Å². The van der Waals surface area contributed by atoms with Gasteiger partial charge in [-0.3, -0.25) is 0 Å². The van der Waals surface area contributed by atoms with E-state index in [1.54, 1.807) is 24.3 Å². The number of rotatable bonds is 7. The summed E-state index contributed by atoms with van der Waals surface area (Å²) in [6.07, 6.45) is 5.52. The van der Waals surface area contributed by atoms with E-state index in [-0.39, 0.29) is 20.3 Å². The fraction of sp³-hybridized carbons (Fsp3) is 0.167. The van der Waals surface area contributed by atoms with Crippen LogP contribution in [-0.2, 0) is 6.54 Å². The fourth-order valence-electron chi connectivity index (χ4n) is 2.33. The highest BCUT2D eigenvalue weighted by molar-refractivity contribution is 8.03. The van der Waals surface area contributed by atoms with Gasteiger partial charge in [-0.25, -0.2) is 4.98 Å². The second-order valence-corrected chi connectivity index (χ2v) is 10.1. The van der Waals surface area contributed by atoms with Crippen molar-refractivity contribution in [3.8, 4) is 0 Å². The number of nitrogens with zero attached hydrogens (tertiary/aromatic N) is 3. The van der Waals surface area contributed by atoms with Gasteiger partial charge in [0.2, 0.25) is 0 Å². The summed E-state index contributed by atoms with van der Waals surface area (Å²) in [4.78, 5) is 14.3. The number of imidazole rings is 1. The first-order valence-corrected chi connectivity index (χ1v) is 12.1. The molecule has 1 N–H and O–H groups in total. The van der Waals surface area contributed by atoms with Crippen LogP contribution in [0, 0.1) is 10.1 Å². The van der Waals surface area contributed by atoms with Crippen LogP contribution in [0.3, 0.4) is 0 Å². The van der Waals surface area contributed by atoms with Crippen LogP contribution >= 0.6 is 81.5 Å². The second-order valence-electron chi connectivity index (χ2n) is 5.76. The van der Waals surface area contributed by atoms with Crippen LogP contribution in [0.25, 0.3) is 0 Å². The third-order valence-electron chi connectivity index (χ3n) is 3.60. The molecule has 1 unspecified atom stereocenters. The predicted molar refractivity (Wildman–Crippen MR) is 129 cm³/mol. The molecule has 31 heavy (non-hydrogen) atoms. The quantitative estimate of drug-likeness (QED) is 0.104. The smallest absolute Gasteiger partial charge is 0.291 e. The van der Waals surface area contributed by atoms with Crippen molar-refractivity contribution in [3.63, 3.8) is 0 Å². The Balaban J connectivity index is 0.000000785. The van der Waals surface area contributed by atoms with Crippen LogP contribution in [-0.4, -0.2) is 30.8 Å². The molecule has 13 heteroatoms. The van der Waals surface area contributed by atoms with E-state index in [1.165, 1.54) is 16.7 Å². The molecule has 0 aliphatic rings. The minimum atomic E-state index is -1.50. The average Bonchev–Trinajstić information content (AvgIpc) is 3.24. The van der Waals surface area contributed by atoms with Crippen LogP contribution in [0.1, 0.15) is 0 Å². The van der Waals surface area contributed by atoms with E-state index < -0.39 is 5.09 Å². The van der Waals surface area contributed by atoms with Gasteiger partial charge in [0.05, 0.1) is 31.4 Å². The normalized spacial score (nSPS) is 11.5. The van der Waals surface area contributed by atoms with E-state index in [1.807, 2.05) is 29.0 Å². The van der Waals surface area contributed by atoms with E-state index in [9.17, 15) is 0 Å². The molecule has 2 aromatic carbocycles. The number of halogens is 5. The number of thioether (sulfide) groups is 2. The van der Waals surface area contributed by atoms with Crippen LogP contribution < -0.4 is 0 Å². The first-order chi connectivity index (χ1) is 14.7. The summed E-state index contributed by atoms with van der Waals surface area (Å²) in [5, 5.41) is 15.1. The second kappa shape index (κ2) is 12.9. The highest BCUT2D eigenvalue weighted by atomic mass is 35.5. The van der Waals surface area contributed by atoms with E-state index in [2.05, 4.69) is 17.1 Å². The van der Waals surface area contributed by atoms with Gasteiger partial charge in [0, 0.05) is 39.7 Å². The molecule has 0 bridgehead atoms. The average molecular weight is 562 g/mol. The van der Waals surface area contributed by atoms with Gasteiger partial charge in [-0.15, -0.1) is 33.6 Å². The van der Waals surface area contributed by atoms with Gasteiger partial charge in [-0.2, -0.15) is 0 Å². The Labute approximate surface area is 211 Å². The third kappa shape index (κ3) is 8.13. The van der Waals surface area contributed by atoms with Gasteiger partial charge in [0.1, 0.15) is 0 Å². The highest BCUT2D eigenvalue weighted by Gasteiger charge is 2.21. The lowest BCUT2D eigenvalue weighted by molar-refractivity contribution is -0.742. The topological polar surface area (TPSA) is 81.2 Å². The number of hydrogen-bond acceptors (Lipinski definition) is 5. The molecule has 1 atom stereocenters. The Morgan fingerprint density at radius 2 is 1.58 bits per heavy atom. The molecular formula is C18H14Cl5N3O3S2. The lowest BCUT2D eigenvalue weighted by Gasteiger charge is -2.18. The number of benzene rings is 2. The van der Waals surface area contributed by atoms with Crippen molar-refractivity contribution in [2.24, 2.45) is 0 Å². The maximum absolute atomic E-state index is 8.36. The Hall–Kier alpha value is -1.00. The van der Waals surface area contributed by atoms with Crippen molar-refractivity contribution in [1.29, 1.82) is 0 Å². The Bertz CT molecular complexity index is 977. The van der Waals surface area contributed by atoms with Crippen molar-refractivity contribution in [2.45, 2.75) is 21.6 Å². The van der Waals surface area contributed by atoms with E-state index >= 15 is 0 Å². The maximum Gasteiger partial charge on any atom is 0.291 e. The van der Waals surface area contributed by atoms with Gasteiger partial charge >= 0.3 is 0 Å². The number of aromatic nitrogens is 2. The van der Waals surface area contributed by atoms with Crippen molar-refractivity contribution in [1.82, 2.24) is 9.55 Å². The molecule has 0 spiro atoms. The number of hydrogen-bond donors (Lipinski definition) is 1. The van der Waals surface area contributed by atoms with E-state index in [4.69, 9.17) is 73.3 Å². The SMILES string of the molecule is Clc1c(Cl)c(Cl)c(SCC(Cn2ccnc2)Sc2ccccc2)c(Cl)c1Cl.O=[N+]([O-])O. The molecule has 3 aromatic rings. The van der Waals surface area contributed by atoms with Gasteiger partial charge in [-0.1, -0.05) is 76.2 Å². The lowest BCUT2D eigenvalue weighted by Crippen LogP contribution is -2.14. The summed E-state index contributed by atoms with van der Waals surface area (Å²) in [5.74, 6) is 0.742. The molecule has 1 aromatic heterocycles. The summed E-state index contributed by atoms with van der Waals surface area (Å²) >= 11 is 34.4.